The Hall–Kier alpha value is -4.00. The molecule has 0 spiro atoms. The molecule has 3 aromatic carbocycles. The number of hydrogen-bond donors (Lipinski definition) is 2. The average Bonchev–Trinajstić information content (AvgIpc) is 3.20. The highest BCUT2D eigenvalue weighted by molar-refractivity contribution is 6.08. The molecule has 0 aliphatic carbocycles. The molecular weight excluding hydrogens is 442 g/mol. The van der Waals surface area contributed by atoms with E-state index in [-0.39, 0.29) is 24.4 Å². The Morgan fingerprint density at radius 2 is 1.89 bits per heavy atom. The molecule has 0 radical (unpaired) electrons. The molecule has 2 amide bonds. The monoisotopic (exact) mass is 471 g/mol. The Morgan fingerprint density at radius 3 is 2.69 bits per heavy atom. The van der Waals surface area contributed by atoms with Crippen LogP contribution in [0.5, 0.6) is 5.75 Å². The number of benzene rings is 3. The first-order chi connectivity index (χ1) is 16.9. The highest BCUT2D eigenvalue weighted by atomic mass is 16.5. The van der Waals surface area contributed by atoms with E-state index >= 15 is 0 Å². The largest absolute Gasteiger partial charge is 0.495 e. The topological polar surface area (TPSA) is 83.8 Å². The first-order valence-corrected chi connectivity index (χ1v) is 11.9. The van der Waals surface area contributed by atoms with Crippen LogP contribution < -0.4 is 20.3 Å². The summed E-state index contributed by atoms with van der Waals surface area (Å²) >= 11 is 0. The molecule has 180 valence electrons. The van der Waals surface area contributed by atoms with Crippen molar-refractivity contribution in [3.8, 4) is 5.75 Å². The predicted molar refractivity (Wildman–Crippen MR) is 138 cm³/mol. The standard InChI is InChI=1S/C28H29N3O4/c1-17(2)29-28(33)20-9-6-11-23-18(20)10-7-13-31(23)16-27(32)30-22-15-25-21(14-26(22)34-3)19-8-4-5-12-24(19)35-25/h4-6,8-9,11-12,14-15,17H,7,10,13,16H2,1-3H3,(H,29,33)(H,30,32). The van der Waals surface area contributed by atoms with Crippen molar-refractivity contribution in [3.63, 3.8) is 0 Å². The van der Waals surface area contributed by atoms with Gasteiger partial charge in [0.05, 0.1) is 19.3 Å². The summed E-state index contributed by atoms with van der Waals surface area (Å²) in [4.78, 5) is 27.9. The van der Waals surface area contributed by atoms with Crippen molar-refractivity contribution in [2.45, 2.75) is 32.7 Å². The molecule has 0 atom stereocenters. The van der Waals surface area contributed by atoms with Gasteiger partial charge in [0.2, 0.25) is 5.91 Å². The normalized spacial score (nSPS) is 13.2. The van der Waals surface area contributed by atoms with Gasteiger partial charge in [-0.15, -0.1) is 0 Å². The van der Waals surface area contributed by atoms with Crippen molar-refractivity contribution in [1.82, 2.24) is 5.32 Å². The first kappa shape index (κ1) is 22.8. The fraction of sp³-hybridized carbons (Fsp3) is 0.286. The molecule has 5 rings (SSSR count). The molecular formula is C28H29N3O4. The summed E-state index contributed by atoms with van der Waals surface area (Å²) < 4.78 is 11.6. The maximum Gasteiger partial charge on any atom is 0.251 e. The van der Waals surface area contributed by atoms with Crippen LogP contribution in [0.4, 0.5) is 11.4 Å². The molecule has 1 aliphatic heterocycles. The van der Waals surface area contributed by atoms with Crippen molar-refractivity contribution in [2.24, 2.45) is 0 Å². The summed E-state index contributed by atoms with van der Waals surface area (Å²) in [5.74, 6) is 0.333. The van der Waals surface area contributed by atoms with Crippen molar-refractivity contribution < 1.29 is 18.7 Å². The summed E-state index contributed by atoms with van der Waals surface area (Å²) in [5.41, 5.74) is 4.64. The van der Waals surface area contributed by atoms with Crippen LogP contribution in [0.15, 0.2) is 59.0 Å². The molecule has 4 aromatic rings. The first-order valence-electron chi connectivity index (χ1n) is 11.9. The minimum atomic E-state index is -0.163. The van der Waals surface area contributed by atoms with Crippen molar-refractivity contribution in [3.05, 3.63) is 65.7 Å². The van der Waals surface area contributed by atoms with E-state index in [0.29, 0.717) is 22.6 Å². The van der Waals surface area contributed by atoms with E-state index < -0.39 is 0 Å². The number of amides is 2. The Morgan fingerprint density at radius 1 is 1.06 bits per heavy atom. The number of para-hydroxylation sites is 1. The molecule has 35 heavy (non-hydrogen) atoms. The predicted octanol–water partition coefficient (Wildman–Crippen LogP) is 5.12. The maximum atomic E-state index is 13.1. The highest BCUT2D eigenvalue weighted by Gasteiger charge is 2.24. The molecule has 0 unspecified atom stereocenters. The van der Waals surface area contributed by atoms with Gasteiger partial charge in [0.15, 0.2) is 0 Å². The Balaban J connectivity index is 1.39. The zero-order valence-electron chi connectivity index (χ0n) is 20.2. The van der Waals surface area contributed by atoms with E-state index in [4.69, 9.17) is 9.15 Å². The quantitative estimate of drug-likeness (QED) is 0.408. The Labute approximate surface area is 204 Å². The van der Waals surface area contributed by atoms with Gasteiger partial charge in [-0.25, -0.2) is 0 Å². The van der Waals surface area contributed by atoms with Crippen molar-refractivity contribution >= 4 is 45.1 Å². The number of furan rings is 1. The third-order valence-corrected chi connectivity index (χ3v) is 6.32. The number of anilines is 2. The molecule has 2 N–H and O–H groups in total. The van der Waals surface area contributed by atoms with Crippen LogP contribution in [0.3, 0.4) is 0 Å². The molecule has 0 fully saturated rings. The van der Waals surface area contributed by atoms with Gasteiger partial charge in [0.1, 0.15) is 16.9 Å². The number of carbonyl (C=O) groups is 2. The second-order valence-electron chi connectivity index (χ2n) is 9.15. The third-order valence-electron chi connectivity index (χ3n) is 6.32. The minimum absolute atomic E-state index is 0.0582. The van der Waals surface area contributed by atoms with Gasteiger partial charge in [-0.2, -0.15) is 0 Å². The number of nitrogens with zero attached hydrogens (tertiary/aromatic N) is 1. The van der Waals surface area contributed by atoms with Crippen LogP contribution in [0.2, 0.25) is 0 Å². The number of hydrogen-bond acceptors (Lipinski definition) is 5. The SMILES string of the molecule is COc1cc2c(cc1NC(=O)CN1CCCc3c(C(=O)NC(C)C)cccc31)oc1ccccc12. The van der Waals surface area contributed by atoms with Crippen LogP contribution in [-0.2, 0) is 11.2 Å². The van der Waals surface area contributed by atoms with Crippen LogP contribution in [0, 0.1) is 0 Å². The van der Waals surface area contributed by atoms with Gasteiger partial charge < -0.3 is 24.7 Å². The summed E-state index contributed by atoms with van der Waals surface area (Å²) in [5, 5.41) is 7.91. The molecule has 0 bridgehead atoms. The number of carbonyl (C=O) groups excluding carboxylic acids is 2. The molecule has 1 aromatic heterocycles. The van der Waals surface area contributed by atoms with Crippen molar-refractivity contribution in [1.29, 1.82) is 0 Å². The highest BCUT2D eigenvalue weighted by Crippen LogP contribution is 2.36. The number of ether oxygens (including phenoxy) is 1. The second-order valence-corrected chi connectivity index (χ2v) is 9.15. The number of fused-ring (bicyclic) bond motifs is 4. The van der Waals surface area contributed by atoms with Crippen LogP contribution in [-0.4, -0.2) is 38.1 Å². The van der Waals surface area contributed by atoms with E-state index in [1.165, 1.54) is 0 Å². The lowest BCUT2D eigenvalue weighted by Crippen LogP contribution is -2.38. The van der Waals surface area contributed by atoms with Crippen LogP contribution in [0.25, 0.3) is 21.9 Å². The van der Waals surface area contributed by atoms with Gasteiger partial charge in [-0.3, -0.25) is 9.59 Å². The molecule has 2 heterocycles. The molecule has 0 saturated heterocycles. The smallest absolute Gasteiger partial charge is 0.251 e. The fourth-order valence-corrected chi connectivity index (χ4v) is 4.80. The van der Waals surface area contributed by atoms with Crippen molar-refractivity contribution in [2.75, 3.05) is 30.4 Å². The molecule has 1 aliphatic rings. The summed E-state index contributed by atoms with van der Waals surface area (Å²) in [6.07, 6.45) is 1.69. The summed E-state index contributed by atoms with van der Waals surface area (Å²) in [6.45, 7) is 4.81. The second kappa shape index (κ2) is 9.33. The molecule has 7 heteroatoms. The van der Waals surface area contributed by atoms with E-state index in [1.807, 2.05) is 73.3 Å². The Bertz CT molecular complexity index is 1420. The number of rotatable bonds is 6. The number of nitrogens with one attached hydrogen (secondary N) is 2. The lowest BCUT2D eigenvalue weighted by atomic mass is 9.95. The lowest BCUT2D eigenvalue weighted by molar-refractivity contribution is -0.115. The van der Waals surface area contributed by atoms with Crippen LogP contribution >= 0.6 is 0 Å². The lowest BCUT2D eigenvalue weighted by Gasteiger charge is -2.32. The molecule has 0 saturated carbocycles. The Kier molecular flexibility index (Phi) is 6.07. The van der Waals surface area contributed by atoms with E-state index in [1.54, 1.807) is 7.11 Å². The maximum absolute atomic E-state index is 13.1. The van der Waals surface area contributed by atoms with Gasteiger partial charge in [-0.1, -0.05) is 24.3 Å². The minimum Gasteiger partial charge on any atom is -0.495 e. The summed E-state index contributed by atoms with van der Waals surface area (Å²) in [6, 6.07) is 17.3. The van der Waals surface area contributed by atoms with E-state index in [0.717, 1.165) is 47.0 Å². The average molecular weight is 472 g/mol. The fourth-order valence-electron chi connectivity index (χ4n) is 4.80. The zero-order chi connectivity index (χ0) is 24.5. The van der Waals surface area contributed by atoms with E-state index in [2.05, 4.69) is 10.6 Å². The van der Waals surface area contributed by atoms with Gasteiger partial charge >= 0.3 is 0 Å². The van der Waals surface area contributed by atoms with Gasteiger partial charge in [-0.05, 0) is 56.5 Å². The zero-order valence-corrected chi connectivity index (χ0v) is 20.2. The number of methoxy groups -OCH3 is 1. The van der Waals surface area contributed by atoms with Gasteiger partial charge in [0.25, 0.3) is 5.91 Å². The molecule has 7 nitrogen and oxygen atoms in total. The third kappa shape index (κ3) is 4.41. The summed E-state index contributed by atoms with van der Waals surface area (Å²) in [7, 11) is 1.59. The van der Waals surface area contributed by atoms with Crippen LogP contribution in [0.1, 0.15) is 36.2 Å². The van der Waals surface area contributed by atoms with E-state index in [9.17, 15) is 9.59 Å². The van der Waals surface area contributed by atoms with Gasteiger partial charge in [0, 0.05) is 40.7 Å².